The van der Waals surface area contributed by atoms with Crippen molar-refractivity contribution in [3.63, 3.8) is 0 Å². The zero-order valence-corrected chi connectivity index (χ0v) is 24.6. The third-order valence-electron chi connectivity index (χ3n) is 7.27. The average molecular weight is 568 g/mol. The Hall–Kier alpha value is -2.74. The number of ether oxygens (including phenoxy) is 1. The maximum Gasteiger partial charge on any atom is 0.327 e. The number of nitrogens with one attached hydrogen (secondary N) is 1. The molecule has 6 nitrogen and oxygen atoms in total. The van der Waals surface area contributed by atoms with E-state index in [1.807, 2.05) is 24.3 Å². The molecule has 0 bridgehead atoms. The Morgan fingerprint density at radius 1 is 0.750 bits per heavy atom. The normalized spacial score (nSPS) is 13.2. The van der Waals surface area contributed by atoms with Gasteiger partial charge in [0.05, 0.1) is 11.5 Å². The fraction of sp³-hybridized carbons (Fsp3) is 0.485. The van der Waals surface area contributed by atoms with Crippen LogP contribution in [0.1, 0.15) is 95.6 Å². The topological polar surface area (TPSA) is 92.7 Å². The van der Waals surface area contributed by atoms with Gasteiger partial charge in [0.1, 0.15) is 12.1 Å². The van der Waals surface area contributed by atoms with Crippen molar-refractivity contribution in [1.29, 1.82) is 0 Å². The van der Waals surface area contributed by atoms with E-state index < -0.39 is 28.1 Å². The minimum Gasteiger partial charge on any atom is -0.464 e. The van der Waals surface area contributed by atoms with E-state index in [2.05, 4.69) is 11.6 Å². The van der Waals surface area contributed by atoms with Gasteiger partial charge in [0.2, 0.25) is 10.0 Å². The first-order valence-electron chi connectivity index (χ1n) is 14.8. The van der Waals surface area contributed by atoms with E-state index in [-0.39, 0.29) is 11.5 Å². The van der Waals surface area contributed by atoms with Crippen LogP contribution in [0.25, 0.3) is 10.8 Å². The number of benzene rings is 3. The lowest BCUT2D eigenvalue weighted by Crippen LogP contribution is -2.46. The number of carbonyl (C=O) groups excluding carboxylic acids is 1. The fourth-order valence-corrected chi connectivity index (χ4v) is 6.08. The first kappa shape index (κ1) is 31.8. The van der Waals surface area contributed by atoms with Crippen LogP contribution in [0.2, 0.25) is 0 Å². The summed E-state index contributed by atoms with van der Waals surface area (Å²) < 4.78 is 34.5. The molecule has 0 aliphatic carbocycles. The van der Waals surface area contributed by atoms with Crippen LogP contribution in [-0.2, 0) is 19.6 Å². The number of sulfonamides is 1. The lowest BCUT2D eigenvalue weighted by atomic mass is 10.0. The molecule has 0 unspecified atom stereocenters. The molecule has 2 N–H and O–H groups in total. The molecule has 0 saturated carbocycles. The van der Waals surface area contributed by atoms with Crippen molar-refractivity contribution in [3.05, 3.63) is 78.4 Å². The van der Waals surface area contributed by atoms with Crippen molar-refractivity contribution in [2.24, 2.45) is 0 Å². The fourth-order valence-electron chi connectivity index (χ4n) is 4.86. The lowest BCUT2D eigenvalue weighted by Gasteiger charge is -2.23. The Bertz CT molecular complexity index is 1260. The highest BCUT2D eigenvalue weighted by Gasteiger charge is 2.34. The quantitative estimate of drug-likeness (QED) is 0.116. The van der Waals surface area contributed by atoms with Gasteiger partial charge in [-0.05, 0) is 34.9 Å². The summed E-state index contributed by atoms with van der Waals surface area (Å²) in [4.78, 5) is 13.1. The van der Waals surface area contributed by atoms with Gasteiger partial charge in [-0.15, -0.1) is 0 Å². The van der Waals surface area contributed by atoms with Gasteiger partial charge in [0, 0.05) is 0 Å². The molecule has 0 fully saturated rings. The number of aliphatic hydroxyl groups is 1. The molecule has 0 aliphatic heterocycles. The zero-order chi connectivity index (χ0) is 28.6. The largest absolute Gasteiger partial charge is 0.464 e. The molecule has 3 aromatic rings. The van der Waals surface area contributed by atoms with Crippen molar-refractivity contribution in [3.8, 4) is 0 Å². The van der Waals surface area contributed by atoms with E-state index in [9.17, 15) is 18.3 Å². The molecule has 0 spiro atoms. The predicted molar refractivity (Wildman–Crippen MR) is 161 cm³/mol. The predicted octanol–water partition coefficient (Wildman–Crippen LogP) is 7.46. The first-order chi connectivity index (χ1) is 19.4. The first-order valence-corrected chi connectivity index (χ1v) is 16.3. The van der Waals surface area contributed by atoms with E-state index in [1.165, 1.54) is 63.9 Å². The molecule has 0 aromatic heterocycles. The molecule has 0 saturated heterocycles. The summed E-state index contributed by atoms with van der Waals surface area (Å²) >= 11 is 0. The van der Waals surface area contributed by atoms with Crippen LogP contribution in [0.3, 0.4) is 0 Å². The minimum atomic E-state index is -4.12. The molecule has 7 heteroatoms. The molecule has 3 aromatic carbocycles. The monoisotopic (exact) mass is 567 g/mol. The maximum absolute atomic E-state index is 13.3. The molecular formula is C33H45NO5S. The molecular weight excluding hydrogens is 522 g/mol. The Balaban J connectivity index is 1.51. The number of unbranched alkanes of at least 4 members (excludes halogenated alkanes) is 11. The Kier molecular flexibility index (Phi) is 13.6. The van der Waals surface area contributed by atoms with Crippen molar-refractivity contribution < 1.29 is 23.1 Å². The number of hydrogen-bond donors (Lipinski definition) is 2. The summed E-state index contributed by atoms with van der Waals surface area (Å²) in [6.07, 6.45) is 13.0. The van der Waals surface area contributed by atoms with Crippen LogP contribution >= 0.6 is 0 Å². The smallest absolute Gasteiger partial charge is 0.327 e. The van der Waals surface area contributed by atoms with Crippen LogP contribution < -0.4 is 4.72 Å². The number of carbonyl (C=O) groups is 1. The second-order valence-electron chi connectivity index (χ2n) is 10.5. The van der Waals surface area contributed by atoms with E-state index in [1.54, 1.807) is 42.5 Å². The third-order valence-corrected chi connectivity index (χ3v) is 8.71. The zero-order valence-electron chi connectivity index (χ0n) is 23.8. The van der Waals surface area contributed by atoms with Crippen LogP contribution in [0.4, 0.5) is 0 Å². The summed E-state index contributed by atoms with van der Waals surface area (Å²) in [6.45, 7) is 2.42. The highest BCUT2D eigenvalue weighted by Crippen LogP contribution is 2.23. The van der Waals surface area contributed by atoms with Crippen LogP contribution in [-0.4, -0.2) is 32.1 Å². The highest BCUT2D eigenvalue weighted by atomic mass is 32.2. The number of hydrogen-bond acceptors (Lipinski definition) is 5. The van der Waals surface area contributed by atoms with Gasteiger partial charge < -0.3 is 9.84 Å². The van der Waals surface area contributed by atoms with Crippen molar-refractivity contribution in [2.45, 2.75) is 101 Å². The van der Waals surface area contributed by atoms with Crippen molar-refractivity contribution in [2.75, 3.05) is 6.61 Å². The maximum atomic E-state index is 13.3. The van der Waals surface area contributed by atoms with E-state index in [0.717, 1.165) is 23.6 Å². The van der Waals surface area contributed by atoms with Crippen LogP contribution in [0.5, 0.6) is 0 Å². The number of fused-ring (bicyclic) bond motifs is 1. The van der Waals surface area contributed by atoms with Crippen molar-refractivity contribution >= 4 is 26.8 Å². The van der Waals surface area contributed by atoms with Crippen LogP contribution in [0.15, 0.2) is 77.7 Å². The van der Waals surface area contributed by atoms with E-state index in [0.29, 0.717) is 12.0 Å². The van der Waals surface area contributed by atoms with E-state index in [4.69, 9.17) is 4.74 Å². The standard InChI is InChI=1S/C33H45NO5S/c1-2-3-4-5-6-7-8-9-10-11-12-18-25-39-33(36)31(32(35)28-20-14-13-15-21-28)34-40(37,38)30-24-23-27-19-16-17-22-29(27)26-30/h13-17,19-24,26,31-32,34-35H,2-12,18,25H2,1H3/t31-,32+/m1/s1. The molecule has 2 atom stereocenters. The van der Waals surface area contributed by atoms with Gasteiger partial charge >= 0.3 is 5.97 Å². The summed E-state index contributed by atoms with van der Waals surface area (Å²) in [7, 11) is -4.12. The number of rotatable bonds is 19. The Morgan fingerprint density at radius 3 is 1.93 bits per heavy atom. The Labute approximate surface area is 240 Å². The summed E-state index contributed by atoms with van der Waals surface area (Å²) in [5.74, 6) is -0.788. The average Bonchev–Trinajstić information content (AvgIpc) is 2.98. The van der Waals surface area contributed by atoms with E-state index >= 15 is 0 Å². The van der Waals surface area contributed by atoms with Gasteiger partial charge in [-0.25, -0.2) is 8.42 Å². The third kappa shape index (κ3) is 10.3. The van der Waals surface area contributed by atoms with Crippen LogP contribution in [0, 0.1) is 0 Å². The Morgan fingerprint density at radius 2 is 1.30 bits per heavy atom. The highest BCUT2D eigenvalue weighted by molar-refractivity contribution is 7.89. The van der Waals surface area contributed by atoms with Gasteiger partial charge in [0.25, 0.3) is 0 Å². The second kappa shape index (κ2) is 17.2. The SMILES string of the molecule is CCCCCCCCCCCCCCOC(=O)[C@H](NS(=O)(=O)c1ccc2ccccc2c1)[C@@H](O)c1ccccc1. The summed E-state index contributed by atoms with van der Waals surface area (Å²) in [5, 5.41) is 12.7. The minimum absolute atomic E-state index is 0.0187. The number of aliphatic hydroxyl groups excluding tert-OH is 1. The summed E-state index contributed by atoms with van der Waals surface area (Å²) in [6, 6.07) is 19.3. The van der Waals surface area contributed by atoms with Gasteiger partial charge in [0.15, 0.2) is 0 Å². The second-order valence-corrected chi connectivity index (χ2v) is 12.2. The number of esters is 1. The molecule has 3 rings (SSSR count). The molecule has 0 amide bonds. The summed E-state index contributed by atoms with van der Waals surface area (Å²) in [5.41, 5.74) is 0.427. The molecule has 0 aliphatic rings. The lowest BCUT2D eigenvalue weighted by molar-refractivity contribution is -0.148. The van der Waals surface area contributed by atoms with Gasteiger partial charge in [-0.2, -0.15) is 4.72 Å². The molecule has 0 radical (unpaired) electrons. The van der Waals surface area contributed by atoms with Gasteiger partial charge in [-0.1, -0.05) is 138 Å². The molecule has 218 valence electrons. The molecule has 40 heavy (non-hydrogen) atoms. The van der Waals surface area contributed by atoms with Gasteiger partial charge in [-0.3, -0.25) is 4.79 Å². The van der Waals surface area contributed by atoms with Crippen molar-refractivity contribution in [1.82, 2.24) is 4.72 Å². The molecule has 0 heterocycles.